The van der Waals surface area contributed by atoms with Crippen LogP contribution in [0.25, 0.3) is 0 Å². The van der Waals surface area contributed by atoms with Gasteiger partial charge in [0.1, 0.15) is 0 Å². The van der Waals surface area contributed by atoms with Gasteiger partial charge in [0.25, 0.3) is 0 Å². The fourth-order valence-electron chi connectivity index (χ4n) is 2.25. The van der Waals surface area contributed by atoms with Crippen LogP contribution in [0.2, 0.25) is 0 Å². The van der Waals surface area contributed by atoms with Gasteiger partial charge >= 0.3 is 0 Å². The summed E-state index contributed by atoms with van der Waals surface area (Å²) < 4.78 is 1.71. The molecule has 2 rings (SSSR count). The lowest BCUT2D eigenvalue weighted by molar-refractivity contribution is -0.118. The summed E-state index contributed by atoms with van der Waals surface area (Å²) in [5.74, 6) is -0.00176. The number of carbonyl (C=O) groups excluding carboxylic acids is 2. The lowest BCUT2D eigenvalue weighted by Crippen LogP contribution is -2.22. The molecule has 0 saturated carbocycles. The number of aromatic nitrogens is 4. The van der Waals surface area contributed by atoms with E-state index in [9.17, 15) is 9.59 Å². The van der Waals surface area contributed by atoms with E-state index in [1.807, 2.05) is 45.0 Å². The first-order chi connectivity index (χ1) is 11.9. The average Bonchev–Trinajstić information content (AvgIpc) is 3.03. The minimum atomic E-state index is -0.284. The molecule has 0 aliphatic heterocycles. The molecule has 1 amide bonds. The molecule has 0 fully saturated rings. The third-order valence-corrected chi connectivity index (χ3v) is 4.68. The molecule has 134 valence electrons. The van der Waals surface area contributed by atoms with Crippen LogP contribution in [-0.2, 0) is 11.2 Å². The van der Waals surface area contributed by atoms with Crippen molar-refractivity contribution in [1.29, 1.82) is 0 Å². The van der Waals surface area contributed by atoms with Crippen LogP contribution in [0.5, 0.6) is 0 Å². The van der Waals surface area contributed by atoms with Gasteiger partial charge in [-0.3, -0.25) is 9.59 Å². The summed E-state index contributed by atoms with van der Waals surface area (Å²) in [6, 6.07) is 7.64. The average molecular weight is 361 g/mol. The molecule has 25 heavy (non-hydrogen) atoms. The van der Waals surface area contributed by atoms with Gasteiger partial charge in [0.2, 0.25) is 11.1 Å². The van der Waals surface area contributed by atoms with Gasteiger partial charge in [-0.25, -0.2) is 4.68 Å². The van der Waals surface area contributed by atoms with E-state index in [1.165, 1.54) is 18.7 Å². The van der Waals surface area contributed by atoms with Crippen LogP contribution in [0.15, 0.2) is 29.4 Å². The minimum absolute atomic E-state index is 0.0386. The quantitative estimate of drug-likeness (QED) is 0.573. The lowest BCUT2D eigenvalue weighted by atomic mass is 10.0. The first kappa shape index (κ1) is 19.1. The first-order valence-electron chi connectivity index (χ1n) is 8.20. The number of amides is 1. The zero-order valence-corrected chi connectivity index (χ0v) is 15.7. The molecule has 1 heterocycles. The third kappa shape index (κ3) is 5.38. The molecule has 0 spiro atoms. The zero-order chi connectivity index (χ0) is 18.4. The van der Waals surface area contributed by atoms with E-state index in [4.69, 9.17) is 0 Å². The Labute approximate surface area is 151 Å². The van der Waals surface area contributed by atoms with Crippen molar-refractivity contribution >= 4 is 23.5 Å². The second-order valence-corrected chi connectivity index (χ2v) is 7.36. The van der Waals surface area contributed by atoms with Crippen molar-refractivity contribution in [3.05, 3.63) is 35.4 Å². The summed E-state index contributed by atoms with van der Waals surface area (Å²) >= 11 is 1.36. The second-order valence-electron chi connectivity index (χ2n) is 6.05. The normalized spacial score (nSPS) is 12.2. The van der Waals surface area contributed by atoms with Crippen molar-refractivity contribution in [2.45, 2.75) is 50.6 Å². The van der Waals surface area contributed by atoms with Crippen molar-refractivity contribution in [2.75, 3.05) is 6.54 Å². The van der Waals surface area contributed by atoms with Crippen LogP contribution < -0.4 is 5.32 Å². The molecule has 1 unspecified atom stereocenters. The molecule has 1 atom stereocenters. The number of tetrazole rings is 1. The molecule has 0 bridgehead atoms. The molecule has 1 N–H and O–H groups in total. The topological polar surface area (TPSA) is 89.8 Å². The Hall–Kier alpha value is -2.22. The summed E-state index contributed by atoms with van der Waals surface area (Å²) in [6.07, 6.45) is 0.738. The minimum Gasteiger partial charge on any atom is -0.356 e. The van der Waals surface area contributed by atoms with Gasteiger partial charge in [-0.05, 0) is 43.2 Å². The SMILES string of the molecule is CC(=O)NCCc1ccc(C(=O)C(C)Sc2nnnn2C(C)C)cc1. The summed E-state index contributed by atoms with van der Waals surface area (Å²) in [7, 11) is 0. The predicted molar refractivity (Wildman–Crippen MR) is 96.7 cm³/mol. The predicted octanol–water partition coefficient (Wildman–Crippen LogP) is 2.30. The Morgan fingerprint density at radius 1 is 1.20 bits per heavy atom. The van der Waals surface area contributed by atoms with Gasteiger partial charge in [0, 0.05) is 19.0 Å². The molecule has 0 aliphatic rings. The largest absolute Gasteiger partial charge is 0.356 e. The number of carbonyl (C=O) groups is 2. The number of ketones is 1. The Kier molecular flexibility index (Phi) is 6.69. The Bertz CT molecular complexity index is 727. The van der Waals surface area contributed by atoms with Crippen LogP contribution in [-0.4, -0.2) is 43.7 Å². The molecule has 0 saturated heterocycles. The molecule has 0 radical (unpaired) electrons. The van der Waals surface area contributed by atoms with E-state index in [1.54, 1.807) is 4.68 Å². The number of hydrogen-bond acceptors (Lipinski definition) is 6. The van der Waals surface area contributed by atoms with Crippen LogP contribution in [0.1, 0.15) is 49.7 Å². The van der Waals surface area contributed by atoms with Gasteiger partial charge in [0.05, 0.1) is 11.3 Å². The van der Waals surface area contributed by atoms with Crippen LogP contribution in [0.4, 0.5) is 0 Å². The highest BCUT2D eigenvalue weighted by Gasteiger charge is 2.20. The van der Waals surface area contributed by atoms with Gasteiger partial charge < -0.3 is 5.32 Å². The number of nitrogens with zero attached hydrogens (tertiary/aromatic N) is 4. The van der Waals surface area contributed by atoms with Crippen LogP contribution in [0, 0.1) is 0 Å². The molecule has 1 aromatic heterocycles. The van der Waals surface area contributed by atoms with Gasteiger partial charge in [-0.15, -0.1) is 5.10 Å². The van der Waals surface area contributed by atoms with E-state index in [2.05, 4.69) is 20.8 Å². The van der Waals surface area contributed by atoms with Gasteiger partial charge in [0.15, 0.2) is 5.78 Å². The Morgan fingerprint density at radius 2 is 1.88 bits per heavy atom. The maximum Gasteiger partial charge on any atom is 0.216 e. The van der Waals surface area contributed by atoms with Crippen molar-refractivity contribution in [3.8, 4) is 0 Å². The fourth-order valence-corrected chi connectivity index (χ4v) is 3.25. The van der Waals surface area contributed by atoms with E-state index in [0.29, 0.717) is 17.3 Å². The van der Waals surface area contributed by atoms with E-state index in [-0.39, 0.29) is 23.0 Å². The maximum absolute atomic E-state index is 12.6. The van der Waals surface area contributed by atoms with Gasteiger partial charge in [-0.2, -0.15) is 0 Å². The smallest absolute Gasteiger partial charge is 0.216 e. The number of hydrogen-bond donors (Lipinski definition) is 1. The lowest BCUT2D eigenvalue weighted by Gasteiger charge is -2.12. The summed E-state index contributed by atoms with van der Waals surface area (Å²) in [6.45, 7) is 7.93. The molecular formula is C17H23N5O2S. The first-order valence-corrected chi connectivity index (χ1v) is 9.08. The molecule has 8 heteroatoms. The van der Waals surface area contributed by atoms with Crippen molar-refractivity contribution in [1.82, 2.24) is 25.5 Å². The maximum atomic E-state index is 12.6. The number of benzene rings is 1. The standard InChI is InChI=1S/C17H23N5O2S/c1-11(2)22-17(19-20-21-22)25-12(3)16(24)15-7-5-14(6-8-15)9-10-18-13(4)23/h5-8,11-12H,9-10H2,1-4H3,(H,18,23). The van der Waals surface area contributed by atoms with E-state index in [0.717, 1.165) is 12.0 Å². The molecular weight excluding hydrogens is 338 g/mol. The highest BCUT2D eigenvalue weighted by molar-refractivity contribution is 8.00. The number of Topliss-reactive ketones (excluding diaryl/α,β-unsaturated/α-hetero) is 1. The summed E-state index contributed by atoms with van der Waals surface area (Å²) in [5, 5.41) is 14.7. The summed E-state index contributed by atoms with van der Waals surface area (Å²) in [4.78, 5) is 23.5. The fraction of sp³-hybridized carbons (Fsp3) is 0.471. The third-order valence-electron chi connectivity index (χ3n) is 3.63. The summed E-state index contributed by atoms with van der Waals surface area (Å²) in [5.41, 5.74) is 1.74. The van der Waals surface area contributed by atoms with Crippen molar-refractivity contribution in [3.63, 3.8) is 0 Å². The monoisotopic (exact) mass is 361 g/mol. The number of rotatable bonds is 8. The molecule has 7 nitrogen and oxygen atoms in total. The Morgan fingerprint density at radius 3 is 2.48 bits per heavy atom. The number of nitrogens with one attached hydrogen (secondary N) is 1. The van der Waals surface area contributed by atoms with E-state index < -0.39 is 0 Å². The highest BCUT2D eigenvalue weighted by Crippen LogP contribution is 2.25. The van der Waals surface area contributed by atoms with Crippen molar-refractivity contribution in [2.24, 2.45) is 0 Å². The van der Waals surface area contributed by atoms with E-state index >= 15 is 0 Å². The molecule has 2 aromatic rings. The van der Waals surface area contributed by atoms with Crippen LogP contribution >= 0.6 is 11.8 Å². The Balaban J connectivity index is 1.97. The van der Waals surface area contributed by atoms with Crippen LogP contribution in [0.3, 0.4) is 0 Å². The zero-order valence-electron chi connectivity index (χ0n) is 14.9. The molecule has 1 aromatic carbocycles. The van der Waals surface area contributed by atoms with Gasteiger partial charge in [-0.1, -0.05) is 36.0 Å². The van der Waals surface area contributed by atoms with Crippen molar-refractivity contribution < 1.29 is 9.59 Å². The number of thioether (sulfide) groups is 1. The second kappa shape index (κ2) is 8.75. The molecule has 0 aliphatic carbocycles. The highest BCUT2D eigenvalue weighted by atomic mass is 32.2.